The molecule has 0 bridgehead atoms. The van der Waals surface area contributed by atoms with E-state index in [1.807, 2.05) is 0 Å². The molecule has 2 aromatic carbocycles. The normalized spacial score (nSPS) is 18.1. The molecule has 0 aliphatic heterocycles. The minimum atomic E-state index is -5.05. The fourth-order valence-corrected chi connectivity index (χ4v) is 9.34. The maximum Gasteiger partial charge on any atom is 0.435 e. The monoisotopic (exact) mass is 824 g/mol. The van der Waals surface area contributed by atoms with Crippen molar-refractivity contribution in [3.05, 3.63) is 82.3 Å². The quantitative estimate of drug-likeness (QED) is 0.110. The minimum Gasteiger partial charge on any atom is -0.346 e. The molecule has 6 aromatic rings. The van der Waals surface area contributed by atoms with Crippen LogP contribution in [0.1, 0.15) is 46.6 Å². The minimum absolute atomic E-state index is 0.0272. The fraction of sp³-hybridized carbons (Fsp3) is 0.324. The number of sulfonamides is 1. The van der Waals surface area contributed by atoms with Gasteiger partial charge >= 0.3 is 6.18 Å². The van der Waals surface area contributed by atoms with Gasteiger partial charge in [-0.2, -0.15) is 32.1 Å². The molecule has 55 heavy (non-hydrogen) atoms. The summed E-state index contributed by atoms with van der Waals surface area (Å²) >= 11 is 2.65. The second-order valence-corrected chi connectivity index (χ2v) is 17.2. The second-order valence-electron chi connectivity index (χ2n) is 13.4. The molecule has 21 heteroatoms. The molecule has 2 aliphatic carbocycles. The Morgan fingerprint density at radius 3 is 2.49 bits per heavy atom. The number of para-hydroxylation sites is 1. The number of carbonyl (C=O) groups excluding carboxylic acids is 1. The summed E-state index contributed by atoms with van der Waals surface area (Å²) < 4.78 is 132. The Labute approximate surface area is 315 Å². The Morgan fingerprint density at radius 2 is 1.82 bits per heavy atom. The van der Waals surface area contributed by atoms with E-state index < -0.39 is 81.0 Å². The molecule has 288 valence electrons. The fourth-order valence-electron chi connectivity index (χ4n) is 7.38. The lowest BCUT2D eigenvalue weighted by Gasteiger charge is -2.23. The van der Waals surface area contributed by atoms with Crippen molar-refractivity contribution in [3.63, 3.8) is 0 Å². The first-order chi connectivity index (χ1) is 25.8. The summed E-state index contributed by atoms with van der Waals surface area (Å²) in [6, 6.07) is 8.12. The number of pyridine rings is 1. The van der Waals surface area contributed by atoms with E-state index >= 15 is 8.78 Å². The van der Waals surface area contributed by atoms with Crippen molar-refractivity contribution in [2.75, 3.05) is 17.2 Å². The van der Waals surface area contributed by atoms with Gasteiger partial charge in [0.2, 0.25) is 15.9 Å². The largest absolute Gasteiger partial charge is 0.435 e. The van der Waals surface area contributed by atoms with E-state index in [0.717, 1.165) is 18.4 Å². The molecule has 0 spiro atoms. The number of amides is 1. The van der Waals surface area contributed by atoms with E-state index in [9.17, 15) is 35.2 Å². The number of anilines is 1. The molecule has 2 N–H and O–H groups in total. The van der Waals surface area contributed by atoms with Gasteiger partial charge in [0.15, 0.2) is 21.5 Å². The molecule has 1 amide bonds. The van der Waals surface area contributed by atoms with E-state index in [2.05, 4.69) is 25.2 Å². The van der Waals surface area contributed by atoms with Gasteiger partial charge in [0.05, 0.1) is 28.2 Å². The van der Waals surface area contributed by atoms with Crippen LogP contribution < -0.4 is 10.0 Å². The number of aromatic nitrogens is 6. The molecule has 0 saturated heterocycles. The summed E-state index contributed by atoms with van der Waals surface area (Å²) in [6.45, 7) is -1.04. The van der Waals surface area contributed by atoms with Gasteiger partial charge in [0.1, 0.15) is 23.9 Å². The van der Waals surface area contributed by atoms with Crippen molar-refractivity contribution in [2.45, 2.75) is 47.8 Å². The zero-order chi connectivity index (χ0) is 39.4. The number of nitrogens with one attached hydrogen (secondary N) is 2. The Morgan fingerprint density at radius 1 is 1.09 bits per heavy atom. The molecule has 11 nitrogen and oxygen atoms in total. The van der Waals surface area contributed by atoms with E-state index in [1.165, 1.54) is 27.8 Å². The number of aryl methyl sites for hydroxylation is 1. The van der Waals surface area contributed by atoms with Gasteiger partial charge in [-0.15, -0.1) is 11.3 Å². The third-order valence-electron chi connectivity index (χ3n) is 9.53. The van der Waals surface area contributed by atoms with Crippen LogP contribution in [0.15, 0.2) is 46.8 Å². The number of hydrogen-bond donors (Lipinski definition) is 2. The first-order valence-electron chi connectivity index (χ1n) is 16.4. The van der Waals surface area contributed by atoms with Crippen LogP contribution in [0.25, 0.3) is 32.4 Å². The van der Waals surface area contributed by atoms with Crippen molar-refractivity contribution in [1.82, 2.24) is 34.8 Å². The Kier molecular flexibility index (Phi) is 8.72. The molecule has 8 rings (SSSR count). The highest BCUT2D eigenvalue weighted by Crippen LogP contribution is 2.68. The average Bonchev–Trinajstić information content (AvgIpc) is 3.36. The molecule has 2 aliphatic rings. The molecular formula is C34H27F7N8O3S3. The number of hydrogen-bond acceptors (Lipinski definition) is 9. The first-order valence-corrected chi connectivity index (χ1v) is 20.4. The van der Waals surface area contributed by atoms with Crippen LogP contribution in [0.2, 0.25) is 0 Å². The average molecular weight is 825 g/mol. The SMILES string of the molecule is CSc1nc2nc(C(Cc3cc(F)cc(F)c3)NC(=O)Cn3nc(C(F)(F)F)c4c3C(F)(F)[C@@H]3C[C@H]43)c(-c3cccc4c(NS(C)(=O)=O)nn(C)c34)cc2s1. The van der Waals surface area contributed by atoms with Crippen molar-refractivity contribution in [3.8, 4) is 11.1 Å². The maximum atomic E-state index is 15.4. The van der Waals surface area contributed by atoms with E-state index in [1.54, 1.807) is 37.6 Å². The van der Waals surface area contributed by atoms with Gasteiger partial charge in [-0.1, -0.05) is 23.9 Å². The third kappa shape index (κ3) is 6.68. The van der Waals surface area contributed by atoms with Crippen molar-refractivity contribution in [1.29, 1.82) is 0 Å². The molecule has 3 atom stereocenters. The van der Waals surface area contributed by atoms with Crippen molar-refractivity contribution < 1.29 is 43.9 Å². The van der Waals surface area contributed by atoms with Crippen LogP contribution in [0.4, 0.5) is 36.6 Å². The van der Waals surface area contributed by atoms with E-state index in [-0.39, 0.29) is 35.6 Å². The van der Waals surface area contributed by atoms with Gasteiger partial charge in [-0.3, -0.25) is 18.9 Å². The lowest BCUT2D eigenvalue weighted by molar-refractivity contribution is -0.142. The van der Waals surface area contributed by atoms with Crippen LogP contribution >= 0.6 is 23.1 Å². The van der Waals surface area contributed by atoms with E-state index in [0.29, 0.717) is 41.8 Å². The molecular weight excluding hydrogens is 798 g/mol. The zero-order valence-electron chi connectivity index (χ0n) is 28.7. The van der Waals surface area contributed by atoms with Crippen LogP contribution in [-0.4, -0.2) is 56.4 Å². The van der Waals surface area contributed by atoms with E-state index in [4.69, 9.17) is 4.98 Å². The van der Waals surface area contributed by atoms with Crippen molar-refractivity contribution >= 4 is 66.1 Å². The summed E-state index contributed by atoms with van der Waals surface area (Å²) in [7, 11) is -2.18. The highest BCUT2D eigenvalue weighted by molar-refractivity contribution is 8.00. The smallest absolute Gasteiger partial charge is 0.346 e. The van der Waals surface area contributed by atoms with Gasteiger partial charge in [-0.05, 0) is 54.8 Å². The zero-order valence-corrected chi connectivity index (χ0v) is 31.1. The molecule has 1 unspecified atom stereocenters. The first kappa shape index (κ1) is 37.2. The number of rotatable bonds is 10. The van der Waals surface area contributed by atoms with Gasteiger partial charge < -0.3 is 5.32 Å². The Hall–Kier alpha value is -4.76. The highest BCUT2D eigenvalue weighted by atomic mass is 32.2. The van der Waals surface area contributed by atoms with Crippen LogP contribution in [0.3, 0.4) is 0 Å². The predicted molar refractivity (Wildman–Crippen MR) is 190 cm³/mol. The number of fused-ring (bicyclic) bond motifs is 5. The van der Waals surface area contributed by atoms with Crippen LogP contribution in [-0.2, 0) is 46.9 Å². The predicted octanol–water partition coefficient (Wildman–Crippen LogP) is 7.14. The Bertz CT molecular complexity index is 2650. The van der Waals surface area contributed by atoms with Gasteiger partial charge in [0.25, 0.3) is 5.92 Å². The standard InChI is InChI=1S/C34H27F7N8O3S3/c1-48-27-17(5-4-6-18(27)30(46-48)47-55(3,51)52)19-12-23-31(44-32(53-2)54-23)43-26(19)22(9-14-7-15(35)10-16(36)8-14)42-24(50)13-49-29-25(28(45-49)34(39,40)41)20-11-21(20)33(29,37)38/h4-8,10,12,20-22H,9,11,13H2,1-3H3,(H,42,50)(H,46,47)/t20-,21+,22?/m0/s1. The summed E-state index contributed by atoms with van der Waals surface area (Å²) in [4.78, 5) is 23.2. The van der Waals surface area contributed by atoms with Crippen LogP contribution in [0, 0.1) is 17.6 Å². The topological polar surface area (TPSA) is 137 Å². The lowest BCUT2D eigenvalue weighted by atomic mass is 9.94. The number of carbonyl (C=O) groups is 1. The number of alkyl halides is 5. The summed E-state index contributed by atoms with van der Waals surface area (Å²) in [6.07, 6.45) is -2.73. The molecule has 1 fully saturated rings. The number of benzene rings is 2. The molecule has 4 heterocycles. The summed E-state index contributed by atoms with van der Waals surface area (Å²) in [5, 5.41) is 10.9. The lowest BCUT2D eigenvalue weighted by Crippen LogP contribution is -2.35. The van der Waals surface area contributed by atoms with Crippen LogP contribution in [0.5, 0.6) is 0 Å². The third-order valence-corrected chi connectivity index (χ3v) is 12.1. The van der Waals surface area contributed by atoms with Gasteiger partial charge in [-0.25, -0.2) is 27.2 Å². The maximum absolute atomic E-state index is 15.4. The molecule has 0 radical (unpaired) electrons. The Balaban J connectivity index is 1.28. The second kappa shape index (κ2) is 12.9. The van der Waals surface area contributed by atoms with Crippen molar-refractivity contribution in [2.24, 2.45) is 13.0 Å². The van der Waals surface area contributed by atoms with Gasteiger partial charge in [0, 0.05) is 41.1 Å². The highest BCUT2D eigenvalue weighted by Gasteiger charge is 2.68. The summed E-state index contributed by atoms with van der Waals surface area (Å²) in [5.41, 5.74) is -1.41. The number of thiazole rings is 1. The number of thioether (sulfide) groups is 1. The molecule has 1 saturated carbocycles. The number of halogens is 7. The summed E-state index contributed by atoms with van der Waals surface area (Å²) in [5.74, 6) is -8.86. The number of nitrogens with zero attached hydrogens (tertiary/aromatic N) is 6. The molecule has 4 aromatic heterocycles.